The molecule has 14 nitrogen and oxygen atoms in total. The Bertz CT molecular complexity index is 6710. The first-order valence-corrected chi connectivity index (χ1v) is 45.4. The molecule has 0 saturated heterocycles. The van der Waals surface area contributed by atoms with E-state index < -0.39 is 0 Å². The molecule has 18 aromatic rings. The Morgan fingerprint density at radius 2 is 0.659 bits per heavy atom. The number of aromatic nitrogens is 14. The van der Waals surface area contributed by atoms with E-state index >= 15 is 0 Å². The molecular formula is C118H150N14+6. The second kappa shape index (κ2) is 45.3. The van der Waals surface area contributed by atoms with Crippen LogP contribution in [0.25, 0.3) is 113 Å². The number of aryl methyl sites for hydroxylation is 13. The van der Waals surface area contributed by atoms with Gasteiger partial charge in [-0.3, -0.25) is 0 Å². The van der Waals surface area contributed by atoms with Crippen LogP contribution in [0.1, 0.15) is 204 Å². The van der Waals surface area contributed by atoms with Gasteiger partial charge in [0.05, 0.1) is 33.8 Å². The van der Waals surface area contributed by atoms with Gasteiger partial charge in [-0.15, -0.1) is 0 Å². The first-order chi connectivity index (χ1) is 61.5. The van der Waals surface area contributed by atoms with Gasteiger partial charge in [0.25, 0.3) is 5.82 Å². The van der Waals surface area contributed by atoms with Gasteiger partial charge in [0.15, 0.2) is 34.5 Å². The average Bonchev–Trinajstić information content (AvgIpc) is 1.60. The van der Waals surface area contributed by atoms with E-state index in [4.69, 9.17) is 0 Å². The number of imidazole rings is 5. The molecule has 0 aliphatic heterocycles. The van der Waals surface area contributed by atoms with Crippen LogP contribution < -0.4 is 27.4 Å². The van der Waals surface area contributed by atoms with Crippen molar-refractivity contribution in [3.63, 3.8) is 0 Å². The van der Waals surface area contributed by atoms with Gasteiger partial charge in [0.1, 0.15) is 73.0 Å². The molecule has 0 spiro atoms. The monoisotopic (exact) mass is 1760 g/mol. The smallest absolute Gasteiger partial charge is 0.330 e. The topological polar surface area (TPSA) is 70.7 Å². The number of rotatable bonds is 16. The van der Waals surface area contributed by atoms with Crippen molar-refractivity contribution in [2.24, 2.45) is 63.4 Å². The van der Waals surface area contributed by atoms with Crippen LogP contribution >= 0.6 is 0 Å². The third-order valence-electron chi connectivity index (χ3n) is 24.7. The zero-order chi connectivity index (χ0) is 91.5. The highest BCUT2D eigenvalue weighted by atomic mass is 15.2. The number of pyridine rings is 2. The lowest BCUT2D eigenvalue weighted by molar-refractivity contribution is -0.660. The standard InChI is InChI=1S/C27H31N2.C25H30N3.C21H28N3.C14H15N4.C14H16N.C13H14N.4CH4/c1-18(2)21-14-11-15-22(19(3)4)26(21)29-25-17-10-9-16-24(25)28(6)27(29)23-13-8-7-12-20(23)5;1-17(2)19-11-9-12-20(18(3)4)24(19)28-22-14-8-7-13-21(22)27(6)25(28)23-15-10-16-26(23)5;1-15(2)17-9-7-10-18(16(3)4)20(17)24-14-13-23(6)21(24)19-11-8-12-22(19)5;1-16-9-8-15-13(16)14-17(2)10-11-18(14)12-6-4-3-5-7-12;1-11-8-9-14(15(3)10-11)13-7-5-4-6-12(13)2;1-11-7-3-4-8-12(11)13-9-5-6-10-14(13)2;;;;/h7-19H,1-6H3;7-18H,1-6H3;7-16H,1-6H3;3-11H,1-2H3;4-10H,1-3H3;3-10H,1-2H3;4*1H4/q6*+1;;;;. The van der Waals surface area contributed by atoms with Crippen molar-refractivity contribution in [3.8, 4) is 91.3 Å². The summed E-state index contributed by atoms with van der Waals surface area (Å²) in [6.07, 6.45) is 20.6. The summed E-state index contributed by atoms with van der Waals surface area (Å²) >= 11 is 0. The Labute approximate surface area is 790 Å². The van der Waals surface area contributed by atoms with E-state index in [1.807, 2.05) is 61.5 Å². The van der Waals surface area contributed by atoms with Crippen molar-refractivity contribution in [2.45, 2.75) is 176 Å². The molecule has 0 bridgehead atoms. The first-order valence-electron chi connectivity index (χ1n) is 45.4. The summed E-state index contributed by atoms with van der Waals surface area (Å²) < 4.78 is 29.2. The normalized spacial score (nSPS) is 10.9. The van der Waals surface area contributed by atoms with Gasteiger partial charge in [-0.05, 0) is 171 Å². The summed E-state index contributed by atoms with van der Waals surface area (Å²) in [5.74, 6) is 8.41. The molecule has 9 aromatic heterocycles. The lowest BCUT2D eigenvalue weighted by atomic mass is 9.92. The second-order valence-electron chi connectivity index (χ2n) is 36.0. The summed E-state index contributed by atoms with van der Waals surface area (Å²) in [6, 6.07) is 92.9. The molecule has 686 valence electrons. The van der Waals surface area contributed by atoms with Gasteiger partial charge < -0.3 is 13.7 Å². The summed E-state index contributed by atoms with van der Waals surface area (Å²) in [6.45, 7) is 36.0. The molecule has 0 amide bonds. The van der Waals surface area contributed by atoms with Crippen molar-refractivity contribution in [2.75, 3.05) is 0 Å². The minimum absolute atomic E-state index is 0. The third kappa shape index (κ3) is 21.7. The summed E-state index contributed by atoms with van der Waals surface area (Å²) in [4.78, 5) is 4.43. The third-order valence-corrected chi connectivity index (χ3v) is 24.7. The molecule has 0 saturated carbocycles. The Balaban J connectivity index is 0.000000180. The fourth-order valence-electron chi connectivity index (χ4n) is 17.8. The Morgan fingerprint density at radius 1 is 0.280 bits per heavy atom. The fourth-order valence-corrected chi connectivity index (χ4v) is 17.8. The fraction of sp³-hybridized carbons (Fsp3) is 0.297. The van der Waals surface area contributed by atoms with E-state index in [1.165, 1.54) is 152 Å². The highest BCUT2D eigenvalue weighted by Gasteiger charge is 2.35. The van der Waals surface area contributed by atoms with Crippen molar-refractivity contribution in [3.05, 3.63) is 378 Å². The molecular weight excluding hydrogens is 1610 g/mol. The van der Waals surface area contributed by atoms with Gasteiger partial charge in [0.2, 0.25) is 17.2 Å². The quantitative estimate of drug-likeness (QED) is 0.0889. The van der Waals surface area contributed by atoms with Crippen LogP contribution in [0.5, 0.6) is 0 Å². The molecule has 14 heteroatoms. The van der Waals surface area contributed by atoms with E-state index in [0.717, 1.165) is 17.3 Å². The van der Waals surface area contributed by atoms with E-state index in [0.29, 0.717) is 35.5 Å². The maximum Gasteiger partial charge on any atom is 0.330 e. The maximum atomic E-state index is 4.43. The second-order valence-corrected chi connectivity index (χ2v) is 36.0. The predicted octanol–water partition coefficient (Wildman–Crippen LogP) is 26.5. The number of nitrogens with zero attached hydrogens (tertiary/aromatic N) is 14. The van der Waals surface area contributed by atoms with Gasteiger partial charge in [-0.1, -0.05) is 264 Å². The van der Waals surface area contributed by atoms with Crippen molar-refractivity contribution in [1.29, 1.82) is 0 Å². The lowest BCUT2D eigenvalue weighted by Gasteiger charge is -2.18. The van der Waals surface area contributed by atoms with Crippen LogP contribution in [0.3, 0.4) is 0 Å². The minimum Gasteiger partial charge on any atom is -0.344 e. The van der Waals surface area contributed by atoms with Crippen LogP contribution in [0, 0.1) is 27.7 Å². The Hall–Kier alpha value is -13.6. The molecule has 0 radical (unpaired) electrons. The number of para-hydroxylation sites is 8. The van der Waals surface area contributed by atoms with Gasteiger partial charge >= 0.3 is 17.5 Å². The molecule has 0 aliphatic rings. The zero-order valence-corrected chi connectivity index (χ0v) is 80.3. The minimum atomic E-state index is 0. The highest BCUT2D eigenvalue weighted by molar-refractivity contribution is 5.82. The maximum absolute atomic E-state index is 4.43. The SMILES string of the molecule is C.C.C.C.CC(C)c1cccc(C(C)C)c1-n1c(-c2cccn2C)[n+](C)c2ccccc21.CC(C)c1cccc(C(C)C)c1-n1cc[n+](C)c1-c1cccn1C.Cc1ccc(-c2ccccc2C)[n+](C)c1.Cc1ccccc1-c1cccc[n+]1C.Cc1ccccc1-c1n(-c2c(C(C)C)cccc2C(C)C)c2ccccc2[n+]1C.Cn1ccnc1-c1n(-c2ccccc2)cc[n+]1C. The first kappa shape index (κ1) is 102. The number of hydrogen-bond acceptors (Lipinski definition) is 1. The molecule has 0 unspecified atom stereocenters. The van der Waals surface area contributed by atoms with Crippen molar-refractivity contribution < 1.29 is 27.4 Å². The van der Waals surface area contributed by atoms with Crippen LogP contribution in [0.4, 0.5) is 0 Å². The predicted molar refractivity (Wildman–Crippen MR) is 556 cm³/mol. The van der Waals surface area contributed by atoms with E-state index in [9.17, 15) is 0 Å². The summed E-state index contributed by atoms with van der Waals surface area (Å²) in [5.41, 5.74) is 32.5. The molecule has 0 N–H and O–H groups in total. The van der Waals surface area contributed by atoms with E-state index in [-0.39, 0.29) is 29.7 Å². The van der Waals surface area contributed by atoms with Gasteiger partial charge in [-0.25, -0.2) is 32.4 Å². The van der Waals surface area contributed by atoms with Gasteiger partial charge in [0, 0.05) is 114 Å². The van der Waals surface area contributed by atoms with Crippen LogP contribution in [-0.4, -0.2) is 37.0 Å². The largest absolute Gasteiger partial charge is 0.344 e. The molecule has 18 rings (SSSR count). The van der Waals surface area contributed by atoms with Crippen LogP contribution in [0.15, 0.2) is 323 Å². The van der Waals surface area contributed by atoms with Crippen LogP contribution in [-0.2, 0) is 63.4 Å². The van der Waals surface area contributed by atoms with Gasteiger partial charge in [-0.2, -0.15) is 18.3 Å². The molecule has 132 heavy (non-hydrogen) atoms. The Kier molecular flexibility index (Phi) is 35.1. The van der Waals surface area contributed by atoms with E-state index in [2.05, 4.69) is 500 Å². The summed E-state index contributed by atoms with van der Waals surface area (Å²) in [5, 5.41) is 0. The van der Waals surface area contributed by atoms with Crippen LogP contribution in [0.2, 0.25) is 0 Å². The molecule has 0 aliphatic carbocycles. The number of fused-ring (bicyclic) bond motifs is 2. The van der Waals surface area contributed by atoms with Crippen molar-refractivity contribution in [1.82, 2.24) is 37.0 Å². The van der Waals surface area contributed by atoms with E-state index in [1.54, 1.807) is 0 Å². The molecule has 9 heterocycles. The molecule has 0 atom stereocenters. The zero-order valence-electron chi connectivity index (χ0n) is 80.3. The summed E-state index contributed by atoms with van der Waals surface area (Å²) in [7, 11) is 18.9. The number of benzene rings is 9. The average molecular weight is 1760 g/mol. The number of hydrogen-bond donors (Lipinski definition) is 0. The Morgan fingerprint density at radius 3 is 1.08 bits per heavy atom. The van der Waals surface area contributed by atoms with Crippen molar-refractivity contribution >= 4 is 22.1 Å². The molecule has 9 aromatic carbocycles. The lowest BCUT2D eigenvalue weighted by Crippen LogP contribution is -2.31. The highest BCUT2D eigenvalue weighted by Crippen LogP contribution is 2.41. The molecule has 0 fully saturated rings.